The summed E-state index contributed by atoms with van der Waals surface area (Å²) in [5.41, 5.74) is 0.368. The van der Waals surface area contributed by atoms with Crippen LogP contribution in [0.2, 0.25) is 0 Å². The van der Waals surface area contributed by atoms with Gasteiger partial charge in [-0.1, -0.05) is 0 Å². The number of aromatic nitrogens is 3. The number of fused-ring (bicyclic) bond motifs is 1. The molecule has 1 aromatic carbocycles. The fourth-order valence-corrected chi connectivity index (χ4v) is 5.60. The largest absolute Gasteiger partial charge is 0.610 e. The molecule has 0 saturated carbocycles. The lowest BCUT2D eigenvalue weighted by atomic mass is 10.2. The van der Waals surface area contributed by atoms with Crippen molar-refractivity contribution in [2.24, 2.45) is 0 Å². The summed E-state index contributed by atoms with van der Waals surface area (Å²) in [6.45, 7) is 1.87. The minimum Gasteiger partial charge on any atom is -0.610 e. The number of thiazole rings is 1. The van der Waals surface area contributed by atoms with Crippen molar-refractivity contribution in [1.29, 1.82) is 0 Å². The van der Waals surface area contributed by atoms with Gasteiger partial charge >= 0.3 is 4.34 Å². The molecular formula is C20H18FN3O4S3. The van der Waals surface area contributed by atoms with Crippen molar-refractivity contribution in [2.45, 2.75) is 17.8 Å². The SMILES string of the molecule is COc1ccc(Cn2c(-c3sc(C)cc3F)nc3sc([S+](C)[O-])nc3c2=O)c(OC)c1. The van der Waals surface area contributed by atoms with Crippen LogP contribution in [0.3, 0.4) is 0 Å². The smallest absolute Gasteiger partial charge is 0.304 e. The summed E-state index contributed by atoms with van der Waals surface area (Å²) in [7, 11) is 3.07. The van der Waals surface area contributed by atoms with Crippen LogP contribution in [0.1, 0.15) is 10.4 Å². The molecule has 162 valence electrons. The molecule has 0 aliphatic carbocycles. The lowest BCUT2D eigenvalue weighted by Gasteiger charge is -2.14. The molecular weight excluding hydrogens is 461 g/mol. The average molecular weight is 480 g/mol. The molecule has 4 rings (SSSR count). The van der Waals surface area contributed by atoms with Crippen molar-refractivity contribution in [3.8, 4) is 22.2 Å². The zero-order valence-corrected chi connectivity index (χ0v) is 19.5. The van der Waals surface area contributed by atoms with Gasteiger partial charge < -0.3 is 14.0 Å². The molecule has 0 spiro atoms. The first-order valence-electron chi connectivity index (χ1n) is 9.04. The van der Waals surface area contributed by atoms with Crippen LogP contribution in [0, 0.1) is 12.7 Å². The maximum absolute atomic E-state index is 14.7. The molecule has 1 atom stereocenters. The Morgan fingerprint density at radius 1 is 1.19 bits per heavy atom. The lowest BCUT2D eigenvalue weighted by Crippen LogP contribution is -2.24. The van der Waals surface area contributed by atoms with E-state index >= 15 is 0 Å². The third kappa shape index (κ3) is 4.05. The summed E-state index contributed by atoms with van der Waals surface area (Å²) >= 11 is 0.927. The van der Waals surface area contributed by atoms with Gasteiger partial charge in [0.2, 0.25) is 0 Å². The standard InChI is InChI=1S/C20H18FN3O4S3/c1-10-7-13(21)16(29-10)17-23-18-15(22-20(30-18)31(4)26)19(25)24(17)9-11-5-6-12(27-2)8-14(11)28-3/h5-8H,9H2,1-4H3. The van der Waals surface area contributed by atoms with E-state index in [0.717, 1.165) is 16.2 Å². The fraction of sp³-hybridized carbons (Fsp3) is 0.250. The first-order valence-corrected chi connectivity index (χ1v) is 12.2. The van der Waals surface area contributed by atoms with Crippen molar-refractivity contribution in [2.75, 3.05) is 20.5 Å². The third-order valence-corrected chi connectivity index (χ3v) is 7.88. The summed E-state index contributed by atoms with van der Waals surface area (Å²) in [6.07, 6.45) is 1.49. The monoisotopic (exact) mass is 479 g/mol. The van der Waals surface area contributed by atoms with Crippen molar-refractivity contribution in [3.63, 3.8) is 0 Å². The highest BCUT2D eigenvalue weighted by Gasteiger charge is 2.23. The predicted molar refractivity (Wildman–Crippen MR) is 121 cm³/mol. The van der Waals surface area contributed by atoms with Crippen LogP contribution in [-0.4, -0.2) is 39.6 Å². The molecule has 0 aliphatic heterocycles. The zero-order chi connectivity index (χ0) is 22.3. The van der Waals surface area contributed by atoms with Crippen LogP contribution in [0.25, 0.3) is 21.0 Å². The summed E-state index contributed by atoms with van der Waals surface area (Å²) < 4.78 is 38.9. The van der Waals surface area contributed by atoms with Gasteiger partial charge in [0.25, 0.3) is 5.56 Å². The number of thiophene rings is 1. The van der Waals surface area contributed by atoms with Gasteiger partial charge in [0.15, 0.2) is 16.2 Å². The van der Waals surface area contributed by atoms with E-state index in [-0.39, 0.29) is 22.8 Å². The van der Waals surface area contributed by atoms with Crippen molar-refractivity contribution < 1.29 is 18.4 Å². The Bertz CT molecular complexity index is 1330. The first-order chi connectivity index (χ1) is 14.8. The molecule has 0 amide bonds. The number of halogens is 1. The van der Waals surface area contributed by atoms with E-state index in [1.54, 1.807) is 32.2 Å². The maximum Gasteiger partial charge on any atom is 0.304 e. The van der Waals surface area contributed by atoms with Gasteiger partial charge in [-0.3, -0.25) is 9.36 Å². The molecule has 3 aromatic heterocycles. The number of methoxy groups -OCH3 is 2. The molecule has 0 aliphatic rings. The third-order valence-electron chi connectivity index (χ3n) is 4.58. The fourth-order valence-electron chi connectivity index (χ4n) is 3.12. The van der Waals surface area contributed by atoms with Crippen molar-refractivity contribution in [3.05, 3.63) is 50.9 Å². The van der Waals surface area contributed by atoms with Crippen LogP contribution in [0.5, 0.6) is 11.5 Å². The van der Waals surface area contributed by atoms with Gasteiger partial charge in [-0.15, -0.1) is 11.3 Å². The lowest BCUT2D eigenvalue weighted by molar-refractivity contribution is 0.390. The molecule has 1 unspecified atom stereocenters. The second kappa shape index (κ2) is 8.58. The Morgan fingerprint density at radius 2 is 1.97 bits per heavy atom. The van der Waals surface area contributed by atoms with E-state index in [9.17, 15) is 13.7 Å². The highest BCUT2D eigenvalue weighted by atomic mass is 32.2. The van der Waals surface area contributed by atoms with Gasteiger partial charge in [-0.2, -0.15) is 4.98 Å². The Kier molecular flexibility index (Phi) is 6.02. The Balaban J connectivity index is 1.96. The molecule has 0 saturated heterocycles. The van der Waals surface area contributed by atoms with Gasteiger partial charge in [0.05, 0.1) is 20.8 Å². The number of rotatable bonds is 6. The van der Waals surface area contributed by atoms with Crippen molar-refractivity contribution >= 4 is 44.2 Å². The van der Waals surface area contributed by atoms with Gasteiger partial charge in [0, 0.05) is 27.7 Å². The number of nitrogens with zero attached hydrogens (tertiary/aromatic N) is 3. The molecule has 0 N–H and O–H groups in total. The minimum absolute atomic E-state index is 0.0860. The summed E-state index contributed by atoms with van der Waals surface area (Å²) in [6, 6.07) is 6.66. The van der Waals surface area contributed by atoms with Crippen LogP contribution in [0.15, 0.2) is 33.4 Å². The number of hydrogen-bond acceptors (Lipinski definition) is 8. The van der Waals surface area contributed by atoms with E-state index in [0.29, 0.717) is 26.2 Å². The quantitative estimate of drug-likeness (QED) is 0.391. The molecule has 31 heavy (non-hydrogen) atoms. The molecule has 7 nitrogen and oxygen atoms in total. The molecule has 0 radical (unpaired) electrons. The molecule has 3 heterocycles. The van der Waals surface area contributed by atoms with Crippen molar-refractivity contribution in [1.82, 2.24) is 14.5 Å². The van der Waals surface area contributed by atoms with Crippen LogP contribution in [-0.2, 0) is 17.7 Å². The molecule has 0 fully saturated rings. The Morgan fingerprint density at radius 3 is 2.58 bits per heavy atom. The van der Waals surface area contributed by atoms with E-state index in [2.05, 4.69) is 9.97 Å². The first kappa shape index (κ1) is 21.8. The van der Waals surface area contributed by atoms with Crippen LogP contribution in [0.4, 0.5) is 4.39 Å². The predicted octanol–water partition coefficient (Wildman–Crippen LogP) is 3.83. The average Bonchev–Trinajstić information content (AvgIpc) is 3.33. The van der Waals surface area contributed by atoms with Crippen LogP contribution >= 0.6 is 22.7 Å². The molecule has 11 heteroatoms. The number of benzene rings is 1. The normalized spacial score (nSPS) is 12.3. The van der Waals surface area contributed by atoms with E-state index in [1.807, 2.05) is 0 Å². The topological polar surface area (TPSA) is 89.3 Å². The Hall–Kier alpha value is -2.47. The van der Waals surface area contributed by atoms with E-state index in [4.69, 9.17) is 9.47 Å². The zero-order valence-electron chi connectivity index (χ0n) is 17.1. The second-order valence-corrected chi connectivity index (χ2v) is 10.4. The summed E-state index contributed by atoms with van der Waals surface area (Å²) in [5, 5.41) is 0. The highest BCUT2D eigenvalue weighted by molar-refractivity contribution is 7.92. The molecule has 4 aromatic rings. The highest BCUT2D eigenvalue weighted by Crippen LogP contribution is 2.33. The van der Waals surface area contributed by atoms with Gasteiger partial charge in [-0.05, 0) is 36.5 Å². The summed E-state index contributed by atoms with van der Waals surface area (Å²) in [5.74, 6) is 0.876. The minimum atomic E-state index is -1.36. The second-order valence-electron chi connectivity index (χ2n) is 6.63. The van der Waals surface area contributed by atoms with Crippen LogP contribution < -0.4 is 15.0 Å². The van der Waals surface area contributed by atoms with E-state index < -0.39 is 22.6 Å². The molecule has 0 bridgehead atoms. The van der Waals surface area contributed by atoms with E-state index in [1.165, 1.54) is 35.3 Å². The van der Waals surface area contributed by atoms with Gasteiger partial charge in [-0.25, -0.2) is 9.37 Å². The number of aryl methyl sites for hydroxylation is 1. The Labute approximate surface area is 188 Å². The summed E-state index contributed by atoms with van der Waals surface area (Å²) in [4.78, 5) is 23.5. The van der Waals surface area contributed by atoms with Gasteiger partial charge in [0.1, 0.15) is 28.4 Å². The maximum atomic E-state index is 14.7. The number of hydrogen-bond donors (Lipinski definition) is 0. The number of ether oxygens (including phenoxy) is 2.